The van der Waals surface area contributed by atoms with Crippen LogP contribution < -0.4 is 16.0 Å². The summed E-state index contributed by atoms with van der Waals surface area (Å²) in [4.78, 5) is 19.4. The van der Waals surface area contributed by atoms with Gasteiger partial charge in [0.15, 0.2) is 11.6 Å². The summed E-state index contributed by atoms with van der Waals surface area (Å²) in [6.07, 6.45) is 4.75. The number of anilines is 5. The number of nitrogen functional groups attached to an aromatic ring is 1. The average molecular weight is 404 g/mol. The number of nitrogens with zero attached hydrogens (tertiary/aromatic N) is 5. The number of hydrogen-bond acceptors (Lipinski definition) is 7. The zero-order valence-corrected chi connectivity index (χ0v) is 16.2. The van der Waals surface area contributed by atoms with Crippen molar-refractivity contribution in [3.05, 3.63) is 90.0 Å². The van der Waals surface area contributed by atoms with Crippen molar-refractivity contribution >= 4 is 40.6 Å². The number of benzene rings is 1. The predicted octanol–water partition coefficient (Wildman–Crippen LogP) is 4.58. The molecule has 0 unspecified atom stereocenters. The van der Waals surface area contributed by atoms with Gasteiger partial charge >= 0.3 is 0 Å². The largest absolute Gasteiger partial charge is 0.393 e. The van der Waals surface area contributed by atoms with Crippen LogP contribution in [0.4, 0.5) is 29.0 Å². The van der Waals surface area contributed by atoms with E-state index in [0.717, 1.165) is 11.4 Å². The Morgan fingerprint density at radius 2 is 1.72 bits per heavy atom. The van der Waals surface area contributed by atoms with Crippen LogP contribution in [0.15, 0.2) is 79.4 Å². The van der Waals surface area contributed by atoms with Crippen LogP contribution in [0.5, 0.6) is 0 Å². The second-order valence-corrected chi connectivity index (χ2v) is 6.64. The number of rotatable bonds is 6. The fourth-order valence-electron chi connectivity index (χ4n) is 2.82. The lowest BCUT2D eigenvalue weighted by molar-refractivity contribution is 0.918. The monoisotopic (exact) mass is 403 g/mol. The molecular formula is C21H18ClN7. The van der Waals surface area contributed by atoms with Crippen molar-refractivity contribution in [1.82, 2.24) is 19.9 Å². The standard InChI is InChI=1S/C21H18ClN7/c22-16-9-10-17(25-12-16)28-20-19(23)21(27-14-26-20)29(18-8-4-5-11-24-18)13-15-6-2-1-3-7-15/h1-12,14H,13,23H2,(H,25,26,27,28). The van der Waals surface area contributed by atoms with Crippen molar-refractivity contribution in [2.75, 3.05) is 16.0 Å². The third-order valence-electron chi connectivity index (χ3n) is 4.20. The fourth-order valence-corrected chi connectivity index (χ4v) is 2.93. The van der Waals surface area contributed by atoms with E-state index < -0.39 is 0 Å². The number of aromatic nitrogens is 4. The van der Waals surface area contributed by atoms with Crippen molar-refractivity contribution in [1.29, 1.82) is 0 Å². The molecule has 0 radical (unpaired) electrons. The maximum absolute atomic E-state index is 6.44. The Labute approximate surface area is 173 Å². The van der Waals surface area contributed by atoms with E-state index in [1.807, 2.05) is 53.4 Å². The van der Waals surface area contributed by atoms with Gasteiger partial charge in [0.1, 0.15) is 23.7 Å². The van der Waals surface area contributed by atoms with Gasteiger partial charge in [-0.3, -0.25) is 0 Å². The first-order valence-corrected chi connectivity index (χ1v) is 9.30. The number of pyridine rings is 2. The summed E-state index contributed by atoms with van der Waals surface area (Å²) in [5.41, 5.74) is 7.94. The van der Waals surface area contributed by atoms with Crippen LogP contribution in [-0.4, -0.2) is 19.9 Å². The van der Waals surface area contributed by atoms with Crippen LogP contribution in [0.3, 0.4) is 0 Å². The molecule has 0 aliphatic heterocycles. The molecule has 3 N–H and O–H groups in total. The Balaban J connectivity index is 1.71. The molecule has 0 atom stereocenters. The zero-order chi connectivity index (χ0) is 20.1. The minimum absolute atomic E-state index is 0.394. The Morgan fingerprint density at radius 3 is 2.45 bits per heavy atom. The molecule has 3 aromatic heterocycles. The summed E-state index contributed by atoms with van der Waals surface area (Å²) in [6, 6.07) is 19.3. The Kier molecular flexibility index (Phi) is 5.49. The highest BCUT2D eigenvalue weighted by Crippen LogP contribution is 2.33. The second-order valence-electron chi connectivity index (χ2n) is 6.21. The summed E-state index contributed by atoms with van der Waals surface area (Å²) >= 11 is 5.90. The van der Waals surface area contributed by atoms with Gasteiger partial charge in [-0.15, -0.1) is 0 Å². The highest BCUT2D eigenvalue weighted by molar-refractivity contribution is 6.30. The summed E-state index contributed by atoms with van der Waals surface area (Å²) in [6.45, 7) is 0.553. The lowest BCUT2D eigenvalue weighted by Gasteiger charge is -2.24. The first-order valence-electron chi connectivity index (χ1n) is 8.92. The smallest absolute Gasteiger partial charge is 0.163 e. The summed E-state index contributed by atoms with van der Waals surface area (Å²) < 4.78 is 0. The van der Waals surface area contributed by atoms with E-state index in [1.54, 1.807) is 24.5 Å². The van der Waals surface area contributed by atoms with Gasteiger partial charge < -0.3 is 16.0 Å². The van der Waals surface area contributed by atoms with Gasteiger partial charge in [-0.2, -0.15) is 0 Å². The minimum Gasteiger partial charge on any atom is -0.393 e. The maximum atomic E-state index is 6.44. The van der Waals surface area contributed by atoms with E-state index in [-0.39, 0.29) is 0 Å². The molecule has 4 rings (SSSR count). The van der Waals surface area contributed by atoms with Crippen molar-refractivity contribution in [2.24, 2.45) is 0 Å². The number of halogens is 1. The molecule has 0 bridgehead atoms. The predicted molar refractivity (Wildman–Crippen MR) is 115 cm³/mol. The van der Waals surface area contributed by atoms with E-state index in [9.17, 15) is 0 Å². The molecule has 0 aliphatic rings. The van der Waals surface area contributed by atoms with Gasteiger partial charge in [0.25, 0.3) is 0 Å². The van der Waals surface area contributed by atoms with Gasteiger partial charge in [-0.1, -0.05) is 48.0 Å². The van der Waals surface area contributed by atoms with E-state index in [4.69, 9.17) is 17.3 Å². The molecule has 3 heterocycles. The van der Waals surface area contributed by atoms with Crippen LogP contribution in [0.25, 0.3) is 0 Å². The molecule has 0 saturated carbocycles. The molecule has 144 valence electrons. The highest BCUT2D eigenvalue weighted by atomic mass is 35.5. The van der Waals surface area contributed by atoms with Gasteiger partial charge in [-0.25, -0.2) is 19.9 Å². The molecule has 0 saturated heterocycles. The van der Waals surface area contributed by atoms with Crippen molar-refractivity contribution in [3.8, 4) is 0 Å². The van der Waals surface area contributed by atoms with Gasteiger partial charge in [0.2, 0.25) is 0 Å². The molecule has 29 heavy (non-hydrogen) atoms. The van der Waals surface area contributed by atoms with Crippen LogP contribution >= 0.6 is 11.6 Å². The number of nitrogens with two attached hydrogens (primary N) is 1. The van der Waals surface area contributed by atoms with Crippen molar-refractivity contribution in [2.45, 2.75) is 6.54 Å². The highest BCUT2D eigenvalue weighted by Gasteiger charge is 2.18. The Bertz CT molecular complexity index is 1070. The molecule has 0 fully saturated rings. The first kappa shape index (κ1) is 18.6. The molecular weight excluding hydrogens is 386 g/mol. The minimum atomic E-state index is 0.394. The van der Waals surface area contributed by atoms with E-state index in [0.29, 0.717) is 34.7 Å². The summed E-state index contributed by atoms with van der Waals surface area (Å²) in [5.74, 6) is 2.33. The topological polar surface area (TPSA) is 92.8 Å². The van der Waals surface area contributed by atoms with Crippen LogP contribution in [-0.2, 0) is 6.54 Å². The lowest BCUT2D eigenvalue weighted by atomic mass is 10.2. The van der Waals surface area contributed by atoms with Crippen LogP contribution in [0.1, 0.15) is 5.56 Å². The van der Waals surface area contributed by atoms with Gasteiger partial charge in [0, 0.05) is 12.4 Å². The third-order valence-corrected chi connectivity index (χ3v) is 4.43. The Hall–Kier alpha value is -3.71. The molecule has 0 aliphatic carbocycles. The molecule has 7 nitrogen and oxygen atoms in total. The lowest BCUT2D eigenvalue weighted by Crippen LogP contribution is -2.21. The average Bonchev–Trinajstić information content (AvgIpc) is 2.77. The van der Waals surface area contributed by atoms with E-state index in [2.05, 4.69) is 25.3 Å². The summed E-state index contributed by atoms with van der Waals surface area (Å²) in [7, 11) is 0. The maximum Gasteiger partial charge on any atom is 0.163 e. The van der Waals surface area contributed by atoms with Crippen molar-refractivity contribution in [3.63, 3.8) is 0 Å². The normalized spacial score (nSPS) is 10.5. The van der Waals surface area contributed by atoms with Crippen LogP contribution in [0.2, 0.25) is 5.02 Å². The number of nitrogens with one attached hydrogen (secondary N) is 1. The van der Waals surface area contributed by atoms with Gasteiger partial charge in [-0.05, 0) is 29.8 Å². The molecule has 0 spiro atoms. The molecule has 0 amide bonds. The summed E-state index contributed by atoms with van der Waals surface area (Å²) in [5, 5.41) is 3.67. The quantitative estimate of drug-likeness (QED) is 0.486. The second kappa shape index (κ2) is 8.53. The zero-order valence-electron chi connectivity index (χ0n) is 15.4. The molecule has 1 aromatic carbocycles. The third kappa shape index (κ3) is 4.41. The van der Waals surface area contributed by atoms with Crippen LogP contribution in [0, 0.1) is 0 Å². The number of hydrogen-bond donors (Lipinski definition) is 2. The fraction of sp³-hybridized carbons (Fsp3) is 0.0476. The molecule has 4 aromatic rings. The van der Waals surface area contributed by atoms with E-state index in [1.165, 1.54) is 6.33 Å². The van der Waals surface area contributed by atoms with Crippen molar-refractivity contribution < 1.29 is 0 Å². The van der Waals surface area contributed by atoms with E-state index >= 15 is 0 Å². The first-order chi connectivity index (χ1) is 14.2. The Morgan fingerprint density at radius 1 is 0.897 bits per heavy atom. The molecule has 8 heteroatoms. The van der Waals surface area contributed by atoms with Gasteiger partial charge in [0.05, 0.1) is 11.6 Å². The SMILES string of the molecule is Nc1c(Nc2ccc(Cl)cn2)ncnc1N(Cc1ccccc1)c1ccccn1.